The molecule has 0 spiro atoms. The third-order valence-corrected chi connectivity index (χ3v) is 4.62. The molecule has 0 amide bonds. The fraction of sp³-hybridized carbons (Fsp3) is 0.571. The lowest BCUT2D eigenvalue weighted by molar-refractivity contribution is 0.129. The molecule has 0 saturated heterocycles. The van der Waals surface area contributed by atoms with E-state index in [2.05, 4.69) is 42.7 Å². The third-order valence-electron chi connectivity index (χ3n) is 3.61. The Labute approximate surface area is 103 Å². The second kappa shape index (κ2) is 5.74. The molecule has 88 valence electrons. The van der Waals surface area contributed by atoms with Crippen LogP contribution in [0.5, 0.6) is 0 Å². The first kappa shape index (κ1) is 12.0. The fourth-order valence-electron chi connectivity index (χ4n) is 2.47. The molecule has 1 aromatic rings. The monoisotopic (exact) mass is 235 g/mol. The average Bonchev–Trinajstić information content (AvgIpc) is 2.27. The smallest absolute Gasteiger partial charge is 0.00719 e. The van der Waals surface area contributed by atoms with Gasteiger partial charge in [0, 0.05) is 11.4 Å². The van der Waals surface area contributed by atoms with Gasteiger partial charge in [-0.1, -0.05) is 24.6 Å². The lowest BCUT2D eigenvalue weighted by atomic mass is 9.67. The van der Waals surface area contributed by atoms with Crippen molar-refractivity contribution in [2.45, 2.75) is 30.6 Å². The van der Waals surface area contributed by atoms with Gasteiger partial charge in [-0.3, -0.25) is 0 Å². The molecule has 0 aliphatic heterocycles. The zero-order valence-corrected chi connectivity index (χ0v) is 10.9. The van der Waals surface area contributed by atoms with E-state index in [0.717, 1.165) is 0 Å². The van der Waals surface area contributed by atoms with Gasteiger partial charge in [-0.15, -0.1) is 11.8 Å². The molecule has 2 rings (SSSR count). The molecular formula is C14H21NS. The van der Waals surface area contributed by atoms with Gasteiger partial charge in [0.25, 0.3) is 0 Å². The summed E-state index contributed by atoms with van der Waals surface area (Å²) in [5, 5.41) is 3.35. The minimum absolute atomic E-state index is 0.622. The van der Waals surface area contributed by atoms with Crippen molar-refractivity contribution in [1.82, 2.24) is 5.32 Å². The van der Waals surface area contributed by atoms with Crippen molar-refractivity contribution in [2.75, 3.05) is 19.3 Å². The second-order valence-corrected chi connectivity index (χ2v) is 5.96. The molecule has 0 heterocycles. The van der Waals surface area contributed by atoms with E-state index in [1.165, 1.54) is 42.9 Å². The third kappa shape index (κ3) is 3.02. The van der Waals surface area contributed by atoms with Crippen LogP contribution in [0.1, 0.15) is 25.7 Å². The Hall–Kier alpha value is -0.470. The van der Waals surface area contributed by atoms with Crippen LogP contribution in [0.2, 0.25) is 0 Å². The van der Waals surface area contributed by atoms with E-state index in [9.17, 15) is 0 Å². The lowest BCUT2D eigenvalue weighted by Gasteiger charge is -2.42. The summed E-state index contributed by atoms with van der Waals surface area (Å²) in [6.07, 6.45) is 5.62. The minimum Gasteiger partial charge on any atom is -0.319 e. The van der Waals surface area contributed by atoms with Gasteiger partial charge in [0.15, 0.2) is 0 Å². The molecule has 16 heavy (non-hydrogen) atoms. The molecular weight excluding hydrogens is 214 g/mol. The summed E-state index contributed by atoms with van der Waals surface area (Å²) in [7, 11) is 2.07. The van der Waals surface area contributed by atoms with Crippen LogP contribution in [0.25, 0.3) is 0 Å². The molecule has 1 aromatic carbocycles. The quantitative estimate of drug-likeness (QED) is 0.757. The Balaban J connectivity index is 1.75. The van der Waals surface area contributed by atoms with Gasteiger partial charge in [-0.05, 0) is 49.6 Å². The van der Waals surface area contributed by atoms with E-state index in [1.54, 1.807) is 0 Å². The van der Waals surface area contributed by atoms with E-state index in [-0.39, 0.29) is 0 Å². The molecule has 1 nitrogen and oxygen atoms in total. The Bertz CT molecular complexity index is 306. The van der Waals surface area contributed by atoms with Crippen LogP contribution in [0.15, 0.2) is 35.2 Å². The number of hydrogen-bond donors (Lipinski definition) is 1. The summed E-state index contributed by atoms with van der Waals surface area (Å²) in [6.45, 7) is 1.20. The van der Waals surface area contributed by atoms with Gasteiger partial charge in [-0.25, -0.2) is 0 Å². The molecule has 0 unspecified atom stereocenters. The summed E-state index contributed by atoms with van der Waals surface area (Å²) in [5.41, 5.74) is 0.622. The normalized spacial score (nSPS) is 18.1. The van der Waals surface area contributed by atoms with Crippen molar-refractivity contribution in [2.24, 2.45) is 5.41 Å². The van der Waals surface area contributed by atoms with E-state index in [1.807, 2.05) is 11.8 Å². The predicted octanol–water partition coefficient (Wildman–Crippen LogP) is 3.56. The zero-order chi connectivity index (χ0) is 11.3. The fourth-order valence-corrected chi connectivity index (χ4v) is 3.59. The van der Waals surface area contributed by atoms with Crippen LogP contribution >= 0.6 is 11.8 Å². The largest absolute Gasteiger partial charge is 0.319 e. The number of rotatable bonds is 6. The molecule has 2 heteroatoms. The minimum atomic E-state index is 0.622. The van der Waals surface area contributed by atoms with Gasteiger partial charge in [-0.2, -0.15) is 0 Å². The van der Waals surface area contributed by atoms with Crippen LogP contribution in [-0.4, -0.2) is 19.3 Å². The number of nitrogens with one attached hydrogen (secondary N) is 1. The molecule has 0 aromatic heterocycles. The summed E-state index contributed by atoms with van der Waals surface area (Å²) in [4.78, 5) is 1.40. The predicted molar refractivity (Wildman–Crippen MR) is 72.0 cm³/mol. The highest BCUT2D eigenvalue weighted by Crippen LogP contribution is 2.44. The second-order valence-electron chi connectivity index (χ2n) is 4.80. The summed E-state index contributed by atoms with van der Waals surface area (Å²) >= 11 is 1.99. The Morgan fingerprint density at radius 1 is 1.25 bits per heavy atom. The number of benzene rings is 1. The van der Waals surface area contributed by atoms with Gasteiger partial charge < -0.3 is 5.32 Å². The van der Waals surface area contributed by atoms with Crippen LogP contribution < -0.4 is 5.32 Å². The van der Waals surface area contributed by atoms with Crippen LogP contribution in [0, 0.1) is 5.41 Å². The van der Waals surface area contributed by atoms with Crippen molar-refractivity contribution in [1.29, 1.82) is 0 Å². The van der Waals surface area contributed by atoms with Crippen LogP contribution in [0.3, 0.4) is 0 Å². The Kier molecular flexibility index (Phi) is 4.30. The number of thioether (sulfide) groups is 1. The highest BCUT2D eigenvalue weighted by atomic mass is 32.2. The highest BCUT2D eigenvalue weighted by molar-refractivity contribution is 7.99. The molecule has 1 fully saturated rings. The first-order valence-corrected chi connectivity index (χ1v) is 7.16. The molecule has 0 radical (unpaired) electrons. The first-order chi connectivity index (χ1) is 7.85. The van der Waals surface area contributed by atoms with Gasteiger partial charge in [0.1, 0.15) is 0 Å². The topological polar surface area (TPSA) is 12.0 Å². The summed E-state index contributed by atoms with van der Waals surface area (Å²) < 4.78 is 0. The Morgan fingerprint density at radius 3 is 2.56 bits per heavy atom. The van der Waals surface area contributed by atoms with E-state index in [4.69, 9.17) is 0 Å². The molecule has 1 saturated carbocycles. The lowest BCUT2D eigenvalue weighted by Crippen LogP contribution is -2.39. The summed E-state index contributed by atoms with van der Waals surface area (Å²) in [6, 6.07) is 10.7. The summed E-state index contributed by atoms with van der Waals surface area (Å²) in [5.74, 6) is 1.26. The maximum Gasteiger partial charge on any atom is 0.00719 e. The standard InChI is InChI=1S/C14H21NS/c1-15-12-14(8-5-9-14)10-11-16-13-6-3-2-4-7-13/h2-4,6-7,15H,5,8-12H2,1H3. The van der Waals surface area contributed by atoms with E-state index < -0.39 is 0 Å². The SMILES string of the molecule is CNCC1(CCSc2ccccc2)CCC1. The molecule has 1 aliphatic carbocycles. The molecule has 1 N–H and O–H groups in total. The molecule has 1 aliphatic rings. The van der Waals surface area contributed by atoms with Crippen molar-refractivity contribution >= 4 is 11.8 Å². The van der Waals surface area contributed by atoms with E-state index >= 15 is 0 Å². The van der Waals surface area contributed by atoms with Crippen molar-refractivity contribution in [3.05, 3.63) is 30.3 Å². The molecule has 0 bridgehead atoms. The average molecular weight is 235 g/mol. The Morgan fingerprint density at radius 2 is 2.00 bits per heavy atom. The zero-order valence-electron chi connectivity index (χ0n) is 10.0. The van der Waals surface area contributed by atoms with Crippen molar-refractivity contribution < 1.29 is 0 Å². The van der Waals surface area contributed by atoms with E-state index in [0.29, 0.717) is 5.41 Å². The van der Waals surface area contributed by atoms with Gasteiger partial charge in [0.05, 0.1) is 0 Å². The van der Waals surface area contributed by atoms with Gasteiger partial charge >= 0.3 is 0 Å². The number of hydrogen-bond acceptors (Lipinski definition) is 2. The highest BCUT2D eigenvalue weighted by Gasteiger charge is 2.35. The molecule has 0 atom stereocenters. The van der Waals surface area contributed by atoms with Gasteiger partial charge in [0.2, 0.25) is 0 Å². The van der Waals surface area contributed by atoms with Crippen LogP contribution in [0.4, 0.5) is 0 Å². The van der Waals surface area contributed by atoms with Crippen molar-refractivity contribution in [3.8, 4) is 0 Å². The maximum atomic E-state index is 3.35. The van der Waals surface area contributed by atoms with Crippen molar-refractivity contribution in [3.63, 3.8) is 0 Å². The maximum absolute atomic E-state index is 3.35. The van der Waals surface area contributed by atoms with Crippen LogP contribution in [-0.2, 0) is 0 Å². The first-order valence-electron chi connectivity index (χ1n) is 6.17.